The molecule has 0 aromatic rings. The number of sulfonamides is 1. The Morgan fingerprint density at radius 1 is 1.12 bits per heavy atom. The number of hydrogen-bond acceptors (Lipinski definition) is 4. The summed E-state index contributed by atoms with van der Waals surface area (Å²) in [4.78, 5) is 13.9. The number of rotatable bonds is 4. The van der Waals surface area contributed by atoms with E-state index in [0.717, 1.165) is 32.1 Å². The minimum absolute atomic E-state index is 0.247. The van der Waals surface area contributed by atoms with Crippen LogP contribution < -0.4 is 0 Å². The smallest absolute Gasteiger partial charge is 0.410 e. The van der Waals surface area contributed by atoms with E-state index in [0.29, 0.717) is 37.7 Å². The summed E-state index contributed by atoms with van der Waals surface area (Å²) in [5.41, 5.74) is 0.138. The van der Waals surface area contributed by atoms with Crippen LogP contribution in [0.5, 0.6) is 0 Å². The third-order valence-corrected chi connectivity index (χ3v) is 7.63. The molecule has 150 valence electrons. The van der Waals surface area contributed by atoms with E-state index < -0.39 is 15.6 Å². The molecule has 1 atom stereocenters. The predicted molar refractivity (Wildman–Crippen MR) is 103 cm³/mol. The van der Waals surface area contributed by atoms with Crippen molar-refractivity contribution in [3.05, 3.63) is 12.3 Å². The van der Waals surface area contributed by atoms with Crippen molar-refractivity contribution in [2.45, 2.75) is 77.1 Å². The summed E-state index contributed by atoms with van der Waals surface area (Å²) >= 11 is 0. The largest absolute Gasteiger partial charge is 0.444 e. The van der Waals surface area contributed by atoms with Gasteiger partial charge in [-0.05, 0) is 72.1 Å². The first-order chi connectivity index (χ1) is 12.0. The third kappa shape index (κ3) is 5.38. The number of allylic oxidation sites excluding steroid dienone is 1. The van der Waals surface area contributed by atoms with Crippen LogP contribution in [0.2, 0.25) is 0 Å². The quantitative estimate of drug-likeness (QED) is 0.738. The fraction of sp³-hybridized carbons (Fsp3) is 0.842. The molecule has 2 saturated heterocycles. The molecule has 2 aliphatic rings. The fourth-order valence-electron chi connectivity index (χ4n) is 3.77. The van der Waals surface area contributed by atoms with Crippen LogP contribution in [-0.4, -0.2) is 54.2 Å². The normalized spacial score (nSPS) is 24.4. The highest BCUT2D eigenvalue weighted by atomic mass is 32.2. The Hall–Kier alpha value is -1.24. The molecule has 0 aromatic carbocycles. The average molecular weight is 387 g/mol. The first-order valence-electron chi connectivity index (χ1n) is 9.65. The maximum absolute atomic E-state index is 12.7. The Morgan fingerprint density at radius 2 is 1.73 bits per heavy atom. The van der Waals surface area contributed by atoms with Crippen LogP contribution in [-0.2, 0) is 14.8 Å². The van der Waals surface area contributed by atoms with Crippen LogP contribution in [0.1, 0.15) is 66.2 Å². The molecular formula is C19H34N2O4S. The summed E-state index contributed by atoms with van der Waals surface area (Å²) in [6.07, 6.45) is 4.81. The van der Waals surface area contributed by atoms with E-state index in [1.54, 1.807) is 11.8 Å². The van der Waals surface area contributed by atoms with E-state index in [1.165, 1.54) is 4.31 Å². The zero-order valence-corrected chi connectivity index (χ0v) is 17.5. The molecule has 0 aliphatic carbocycles. The summed E-state index contributed by atoms with van der Waals surface area (Å²) in [5, 5.41) is -0.295. The van der Waals surface area contributed by atoms with Crippen molar-refractivity contribution in [3.63, 3.8) is 0 Å². The highest BCUT2D eigenvalue weighted by Crippen LogP contribution is 2.31. The van der Waals surface area contributed by atoms with Gasteiger partial charge in [0, 0.05) is 25.3 Å². The van der Waals surface area contributed by atoms with Gasteiger partial charge in [0.05, 0.1) is 5.25 Å². The maximum atomic E-state index is 12.7. The van der Waals surface area contributed by atoms with E-state index in [4.69, 9.17) is 4.74 Å². The summed E-state index contributed by atoms with van der Waals surface area (Å²) in [6.45, 7) is 13.1. The molecule has 0 saturated carbocycles. The van der Waals surface area contributed by atoms with Gasteiger partial charge in [0.1, 0.15) is 5.60 Å². The van der Waals surface area contributed by atoms with Gasteiger partial charge in [0.25, 0.3) is 0 Å². The monoisotopic (exact) mass is 386 g/mol. The van der Waals surface area contributed by atoms with Gasteiger partial charge < -0.3 is 9.64 Å². The molecule has 0 spiro atoms. The van der Waals surface area contributed by atoms with Gasteiger partial charge in [0.15, 0.2) is 0 Å². The van der Waals surface area contributed by atoms with Crippen molar-refractivity contribution in [3.8, 4) is 0 Å². The third-order valence-electron chi connectivity index (χ3n) is 5.20. The molecule has 2 fully saturated rings. The van der Waals surface area contributed by atoms with Gasteiger partial charge in [-0.3, -0.25) is 4.31 Å². The number of nitrogens with zero attached hydrogens (tertiary/aromatic N) is 2. The first-order valence-corrected chi connectivity index (χ1v) is 11.2. The molecule has 1 unspecified atom stereocenters. The van der Waals surface area contributed by atoms with Crippen LogP contribution in [0.25, 0.3) is 0 Å². The molecule has 0 aromatic heterocycles. The van der Waals surface area contributed by atoms with Crippen molar-refractivity contribution in [2.75, 3.05) is 19.6 Å². The standard InChI is InChI=1S/C19H34N2O4S/c1-15(2)21-12-6-7-17(26(21,23)24)9-8-16-10-13-20(14-11-16)18(22)25-19(3,4)5/h16-17H,1,6-14H2,2-5H3. The molecule has 2 rings (SSSR count). The summed E-state index contributed by atoms with van der Waals surface area (Å²) in [7, 11) is -3.26. The van der Waals surface area contributed by atoms with Gasteiger partial charge in [-0.1, -0.05) is 6.58 Å². The van der Waals surface area contributed by atoms with Gasteiger partial charge in [0.2, 0.25) is 10.0 Å². The van der Waals surface area contributed by atoms with Crippen molar-refractivity contribution in [1.82, 2.24) is 9.21 Å². The van der Waals surface area contributed by atoms with Crippen molar-refractivity contribution in [1.29, 1.82) is 0 Å². The molecule has 7 heteroatoms. The van der Waals surface area contributed by atoms with E-state index in [1.807, 2.05) is 20.8 Å². The fourth-order valence-corrected chi connectivity index (χ4v) is 5.85. The highest BCUT2D eigenvalue weighted by Gasteiger charge is 2.36. The Labute approximate surface area is 158 Å². The number of carbonyl (C=O) groups excluding carboxylic acids is 1. The number of likely N-dealkylation sites (tertiary alicyclic amines) is 1. The zero-order chi connectivity index (χ0) is 19.5. The summed E-state index contributed by atoms with van der Waals surface area (Å²) in [6, 6.07) is 0. The van der Waals surface area contributed by atoms with E-state index in [9.17, 15) is 13.2 Å². The minimum Gasteiger partial charge on any atom is -0.444 e. The molecule has 2 heterocycles. The Balaban J connectivity index is 1.81. The van der Waals surface area contributed by atoms with Crippen LogP contribution in [0.3, 0.4) is 0 Å². The number of ether oxygens (including phenoxy) is 1. The lowest BCUT2D eigenvalue weighted by atomic mass is 9.91. The molecular weight excluding hydrogens is 352 g/mol. The maximum Gasteiger partial charge on any atom is 0.410 e. The number of carbonyl (C=O) groups is 1. The van der Waals surface area contributed by atoms with Crippen LogP contribution in [0, 0.1) is 5.92 Å². The Bertz CT molecular complexity index is 616. The van der Waals surface area contributed by atoms with Crippen molar-refractivity contribution < 1.29 is 17.9 Å². The molecule has 6 nitrogen and oxygen atoms in total. The van der Waals surface area contributed by atoms with Gasteiger partial charge in [-0.15, -0.1) is 0 Å². The lowest BCUT2D eigenvalue weighted by molar-refractivity contribution is 0.0180. The zero-order valence-electron chi connectivity index (χ0n) is 16.7. The SMILES string of the molecule is C=C(C)N1CCCC(CCC2CCN(C(=O)OC(C)(C)C)CC2)S1(=O)=O. The van der Waals surface area contributed by atoms with Crippen LogP contribution in [0.4, 0.5) is 4.79 Å². The lowest BCUT2D eigenvalue weighted by Crippen LogP contribution is -2.43. The van der Waals surface area contributed by atoms with Gasteiger partial charge in [-0.25, -0.2) is 13.2 Å². The molecule has 0 bridgehead atoms. The number of amides is 1. The second-order valence-electron chi connectivity index (χ2n) is 8.60. The van der Waals surface area contributed by atoms with Crippen molar-refractivity contribution in [2.24, 2.45) is 5.92 Å². The lowest BCUT2D eigenvalue weighted by Gasteiger charge is -2.36. The molecule has 26 heavy (non-hydrogen) atoms. The topological polar surface area (TPSA) is 66.9 Å². The predicted octanol–water partition coefficient (Wildman–Crippen LogP) is 3.74. The molecule has 0 radical (unpaired) electrons. The van der Waals surface area contributed by atoms with Crippen LogP contribution >= 0.6 is 0 Å². The van der Waals surface area contributed by atoms with Crippen molar-refractivity contribution >= 4 is 16.1 Å². The summed E-state index contributed by atoms with van der Waals surface area (Å²) in [5.74, 6) is 0.476. The minimum atomic E-state index is -3.26. The highest BCUT2D eigenvalue weighted by molar-refractivity contribution is 7.89. The summed E-state index contributed by atoms with van der Waals surface area (Å²) < 4.78 is 32.3. The Kier molecular flexibility index (Phi) is 6.64. The van der Waals surface area contributed by atoms with Crippen LogP contribution in [0.15, 0.2) is 12.3 Å². The first kappa shape index (κ1) is 21.1. The average Bonchev–Trinajstić information content (AvgIpc) is 2.51. The van der Waals surface area contributed by atoms with E-state index in [2.05, 4.69) is 6.58 Å². The number of hydrogen-bond donors (Lipinski definition) is 0. The Morgan fingerprint density at radius 3 is 2.27 bits per heavy atom. The van der Waals surface area contributed by atoms with E-state index in [-0.39, 0.29) is 11.3 Å². The molecule has 1 amide bonds. The van der Waals surface area contributed by atoms with E-state index >= 15 is 0 Å². The number of piperidine rings is 1. The second kappa shape index (κ2) is 8.19. The van der Waals surface area contributed by atoms with Gasteiger partial charge in [-0.2, -0.15) is 0 Å². The molecule has 0 N–H and O–H groups in total. The van der Waals surface area contributed by atoms with Gasteiger partial charge >= 0.3 is 6.09 Å². The second-order valence-corrected chi connectivity index (χ2v) is 10.7. The molecule has 2 aliphatic heterocycles.